The fourth-order valence-corrected chi connectivity index (χ4v) is 6.33. The van der Waals surface area contributed by atoms with Crippen LogP contribution in [0.15, 0.2) is 97.1 Å². The van der Waals surface area contributed by atoms with Gasteiger partial charge in [0, 0.05) is 0 Å². The van der Waals surface area contributed by atoms with Crippen molar-refractivity contribution in [1.82, 2.24) is 0 Å². The number of carboxylic acids is 2. The molecule has 8 heteroatoms. The normalized spacial score (nSPS) is 10.9. The van der Waals surface area contributed by atoms with Crippen molar-refractivity contribution >= 4 is 11.9 Å². The monoisotopic (exact) mass is 738 g/mol. The Bertz CT molecular complexity index is 1510. The highest BCUT2D eigenvalue weighted by molar-refractivity contribution is 5.70. The number of hydrogen-bond acceptors (Lipinski definition) is 6. The van der Waals surface area contributed by atoms with Gasteiger partial charge in [0.1, 0.15) is 34.5 Å². The van der Waals surface area contributed by atoms with Crippen LogP contribution in [-0.4, -0.2) is 35.4 Å². The molecule has 0 fully saturated rings. The van der Waals surface area contributed by atoms with Gasteiger partial charge in [0.2, 0.25) is 0 Å². The predicted octanol–water partition coefficient (Wildman–Crippen LogP) is 12.2. The minimum atomic E-state index is -0.860. The maximum atomic E-state index is 10.9. The molecular weight excluding hydrogens is 680 g/mol. The Balaban J connectivity index is 0.879. The van der Waals surface area contributed by atoms with Gasteiger partial charge in [-0.3, -0.25) is 9.59 Å². The van der Waals surface area contributed by atoms with Crippen LogP contribution < -0.4 is 18.9 Å². The molecule has 290 valence electrons. The first-order valence-electron chi connectivity index (χ1n) is 19.9. The van der Waals surface area contributed by atoms with Crippen LogP contribution in [0.4, 0.5) is 0 Å². The van der Waals surface area contributed by atoms with E-state index in [-0.39, 0.29) is 12.8 Å². The Hall–Kier alpha value is -4.98. The molecular formula is C46H58O8. The van der Waals surface area contributed by atoms with Crippen LogP contribution in [0.2, 0.25) is 0 Å². The van der Waals surface area contributed by atoms with Crippen molar-refractivity contribution in [3.8, 4) is 34.5 Å². The second-order valence-corrected chi connectivity index (χ2v) is 13.9. The summed E-state index contributed by atoms with van der Waals surface area (Å²) >= 11 is 0. The van der Waals surface area contributed by atoms with E-state index in [2.05, 4.69) is 0 Å². The summed E-state index contributed by atoms with van der Waals surface area (Å²) < 4.78 is 23.5. The molecule has 0 spiro atoms. The van der Waals surface area contributed by atoms with Crippen LogP contribution in [0.1, 0.15) is 114 Å². The van der Waals surface area contributed by atoms with Gasteiger partial charge < -0.3 is 29.2 Å². The third-order valence-electron chi connectivity index (χ3n) is 9.20. The SMILES string of the molecule is O=C(O)Cc1cccc(Oc2ccc(OCCCCCCCCCCCCCCCCCCOc3ccc(Oc4cccc(CC(=O)O)c4)cc3)cc2)c1. The minimum Gasteiger partial charge on any atom is -0.494 e. The second kappa shape index (κ2) is 25.1. The zero-order chi connectivity index (χ0) is 38.1. The highest BCUT2D eigenvalue weighted by atomic mass is 16.5. The van der Waals surface area contributed by atoms with Gasteiger partial charge in [-0.2, -0.15) is 0 Å². The summed E-state index contributed by atoms with van der Waals surface area (Å²) in [6.07, 6.45) is 20.4. The van der Waals surface area contributed by atoms with Crippen molar-refractivity contribution < 1.29 is 38.7 Å². The maximum absolute atomic E-state index is 10.9. The van der Waals surface area contributed by atoms with Crippen LogP contribution in [0.25, 0.3) is 0 Å². The molecule has 8 nitrogen and oxygen atoms in total. The average molecular weight is 739 g/mol. The Morgan fingerprint density at radius 1 is 0.370 bits per heavy atom. The van der Waals surface area contributed by atoms with Crippen LogP contribution in [0.5, 0.6) is 34.5 Å². The molecule has 0 heterocycles. The van der Waals surface area contributed by atoms with E-state index in [0.29, 0.717) is 34.1 Å². The topological polar surface area (TPSA) is 112 Å². The molecule has 0 saturated carbocycles. The summed E-state index contributed by atoms with van der Waals surface area (Å²) in [6, 6.07) is 29.4. The first kappa shape index (κ1) is 41.8. The van der Waals surface area contributed by atoms with Crippen molar-refractivity contribution in [1.29, 1.82) is 0 Å². The number of ether oxygens (including phenoxy) is 4. The number of carboxylic acid groups (broad SMARTS) is 2. The van der Waals surface area contributed by atoms with Crippen LogP contribution >= 0.6 is 0 Å². The van der Waals surface area contributed by atoms with E-state index in [1.807, 2.05) is 60.7 Å². The Labute approximate surface area is 321 Å². The van der Waals surface area contributed by atoms with Gasteiger partial charge in [0.05, 0.1) is 26.1 Å². The molecule has 2 N–H and O–H groups in total. The number of unbranched alkanes of at least 4 members (excludes halogenated alkanes) is 15. The molecule has 0 aromatic heterocycles. The summed E-state index contributed by atoms with van der Waals surface area (Å²) in [6.45, 7) is 1.44. The summed E-state index contributed by atoms with van der Waals surface area (Å²) in [5.41, 5.74) is 1.42. The van der Waals surface area contributed by atoms with E-state index in [1.54, 1.807) is 36.4 Å². The number of carbonyl (C=O) groups is 2. The maximum Gasteiger partial charge on any atom is 0.307 e. The third kappa shape index (κ3) is 18.2. The summed E-state index contributed by atoms with van der Waals surface area (Å²) in [5.74, 6) is 2.57. The lowest BCUT2D eigenvalue weighted by Gasteiger charge is -2.09. The minimum absolute atomic E-state index is 0.0245. The predicted molar refractivity (Wildman–Crippen MR) is 213 cm³/mol. The van der Waals surface area contributed by atoms with Crippen molar-refractivity contribution in [2.24, 2.45) is 0 Å². The number of hydrogen-bond donors (Lipinski definition) is 2. The fourth-order valence-electron chi connectivity index (χ4n) is 6.33. The molecule has 0 bridgehead atoms. The molecule has 4 aromatic carbocycles. The lowest BCUT2D eigenvalue weighted by atomic mass is 10.0. The first-order chi connectivity index (χ1) is 26.4. The third-order valence-corrected chi connectivity index (χ3v) is 9.20. The smallest absolute Gasteiger partial charge is 0.307 e. The lowest BCUT2D eigenvalue weighted by Crippen LogP contribution is -1.99. The van der Waals surface area contributed by atoms with Crippen molar-refractivity contribution in [3.63, 3.8) is 0 Å². The average Bonchev–Trinajstić information content (AvgIpc) is 3.15. The van der Waals surface area contributed by atoms with Gasteiger partial charge in [-0.15, -0.1) is 0 Å². The summed E-state index contributed by atoms with van der Waals surface area (Å²) in [7, 11) is 0. The molecule has 0 aliphatic heterocycles. The summed E-state index contributed by atoms with van der Waals surface area (Å²) in [4.78, 5) is 21.9. The van der Waals surface area contributed by atoms with E-state index >= 15 is 0 Å². The molecule has 0 radical (unpaired) electrons. The Morgan fingerprint density at radius 3 is 0.981 bits per heavy atom. The standard InChI is InChI=1S/C46H58O8/c47-45(48)35-37-19-17-21-43(33-37)53-41-27-23-39(24-28-41)51-31-15-13-11-9-7-5-3-1-2-4-6-8-10-12-14-16-32-52-40-25-29-42(30-26-40)54-44-22-18-20-38(34-44)36-46(49)50/h17-30,33-34H,1-16,31-32,35-36H2,(H,47,48)(H,49,50). The molecule has 0 unspecified atom stereocenters. The Morgan fingerprint density at radius 2 is 0.667 bits per heavy atom. The molecule has 54 heavy (non-hydrogen) atoms. The van der Waals surface area contributed by atoms with E-state index in [0.717, 1.165) is 37.6 Å². The summed E-state index contributed by atoms with van der Waals surface area (Å²) in [5, 5.41) is 18.0. The van der Waals surface area contributed by atoms with Crippen molar-refractivity contribution in [2.45, 2.75) is 116 Å². The highest BCUT2D eigenvalue weighted by Gasteiger charge is 2.06. The van der Waals surface area contributed by atoms with Gasteiger partial charge in [0.25, 0.3) is 0 Å². The zero-order valence-corrected chi connectivity index (χ0v) is 31.7. The number of aliphatic carboxylic acids is 2. The molecule has 0 amide bonds. The molecule has 0 saturated heterocycles. The molecule has 0 atom stereocenters. The molecule has 4 rings (SSSR count). The van der Waals surface area contributed by atoms with Gasteiger partial charge in [-0.25, -0.2) is 0 Å². The number of rotatable bonds is 29. The van der Waals surface area contributed by atoms with Crippen LogP contribution in [-0.2, 0) is 22.4 Å². The zero-order valence-electron chi connectivity index (χ0n) is 31.7. The van der Waals surface area contributed by atoms with Gasteiger partial charge >= 0.3 is 11.9 Å². The molecule has 4 aromatic rings. The fraction of sp³-hybridized carbons (Fsp3) is 0.435. The van der Waals surface area contributed by atoms with Gasteiger partial charge in [-0.1, -0.05) is 114 Å². The molecule has 0 aliphatic rings. The molecule has 0 aliphatic carbocycles. The van der Waals surface area contributed by atoms with E-state index in [1.165, 1.54) is 89.9 Å². The lowest BCUT2D eigenvalue weighted by molar-refractivity contribution is -0.137. The van der Waals surface area contributed by atoms with E-state index < -0.39 is 11.9 Å². The second-order valence-electron chi connectivity index (χ2n) is 13.9. The quantitative estimate of drug-likeness (QED) is 0.0530. The first-order valence-corrected chi connectivity index (χ1v) is 19.9. The highest BCUT2D eigenvalue weighted by Crippen LogP contribution is 2.26. The van der Waals surface area contributed by atoms with Crippen LogP contribution in [0.3, 0.4) is 0 Å². The van der Waals surface area contributed by atoms with Crippen LogP contribution in [0, 0.1) is 0 Å². The van der Waals surface area contributed by atoms with Crippen molar-refractivity contribution in [2.75, 3.05) is 13.2 Å². The van der Waals surface area contributed by atoms with Gasteiger partial charge in [-0.05, 0) is 96.8 Å². The van der Waals surface area contributed by atoms with E-state index in [9.17, 15) is 9.59 Å². The Kier molecular flexibility index (Phi) is 19.4. The van der Waals surface area contributed by atoms with Crippen molar-refractivity contribution in [3.05, 3.63) is 108 Å². The van der Waals surface area contributed by atoms with E-state index in [4.69, 9.17) is 29.2 Å². The number of benzene rings is 4. The largest absolute Gasteiger partial charge is 0.494 e. The van der Waals surface area contributed by atoms with Gasteiger partial charge in [0.15, 0.2) is 0 Å².